The summed E-state index contributed by atoms with van der Waals surface area (Å²) in [6.07, 6.45) is 2.97. The quantitative estimate of drug-likeness (QED) is 0.770. The molecule has 2 amide bonds. The van der Waals surface area contributed by atoms with Crippen molar-refractivity contribution in [3.8, 4) is 5.75 Å². The summed E-state index contributed by atoms with van der Waals surface area (Å²) in [5, 5.41) is 8.92. The molecule has 1 fully saturated rings. The van der Waals surface area contributed by atoms with Crippen molar-refractivity contribution in [3.05, 3.63) is 18.2 Å². The molecule has 6 heteroatoms. The molecule has 2 heterocycles. The standard InChI is InChI=1S/C15H19N3O3/c1-15(6-2-3-7-16-15)14(20)17-10-4-5-12-11(8-10)18-13(19)9-21-12/h4-5,8,16H,2-3,6-7,9H2,1H3,(H,17,20)(H,18,19). The second-order valence-corrected chi connectivity index (χ2v) is 5.72. The Hall–Kier alpha value is -2.08. The molecule has 1 aromatic carbocycles. The van der Waals surface area contributed by atoms with E-state index in [0.717, 1.165) is 25.8 Å². The molecule has 1 atom stereocenters. The third-order valence-electron chi connectivity index (χ3n) is 3.99. The zero-order valence-corrected chi connectivity index (χ0v) is 12.0. The average molecular weight is 289 g/mol. The molecule has 6 nitrogen and oxygen atoms in total. The van der Waals surface area contributed by atoms with Crippen molar-refractivity contribution in [1.29, 1.82) is 0 Å². The third-order valence-corrected chi connectivity index (χ3v) is 3.99. The number of anilines is 2. The molecule has 0 aliphatic carbocycles. The molecular formula is C15H19N3O3. The lowest BCUT2D eigenvalue weighted by atomic mass is 9.90. The number of carbonyl (C=O) groups is 2. The second-order valence-electron chi connectivity index (χ2n) is 5.72. The Morgan fingerprint density at radius 1 is 1.38 bits per heavy atom. The topological polar surface area (TPSA) is 79.5 Å². The van der Waals surface area contributed by atoms with Crippen LogP contribution in [0, 0.1) is 0 Å². The summed E-state index contributed by atoms with van der Waals surface area (Å²) >= 11 is 0. The molecule has 21 heavy (non-hydrogen) atoms. The number of fused-ring (bicyclic) bond motifs is 1. The highest BCUT2D eigenvalue weighted by atomic mass is 16.5. The SMILES string of the molecule is CC1(C(=O)Nc2ccc3c(c2)NC(=O)CO3)CCCCN1. The molecule has 1 saturated heterocycles. The van der Waals surface area contributed by atoms with Crippen LogP contribution in [0.1, 0.15) is 26.2 Å². The number of nitrogens with one attached hydrogen (secondary N) is 3. The fourth-order valence-electron chi connectivity index (χ4n) is 2.68. The average Bonchev–Trinajstić information content (AvgIpc) is 2.47. The van der Waals surface area contributed by atoms with Crippen molar-refractivity contribution in [3.63, 3.8) is 0 Å². The maximum absolute atomic E-state index is 12.4. The van der Waals surface area contributed by atoms with Gasteiger partial charge in [0.2, 0.25) is 5.91 Å². The Morgan fingerprint density at radius 3 is 3.00 bits per heavy atom. The lowest BCUT2D eigenvalue weighted by molar-refractivity contribution is -0.122. The van der Waals surface area contributed by atoms with Crippen LogP contribution in [-0.4, -0.2) is 30.5 Å². The first-order valence-electron chi connectivity index (χ1n) is 7.20. The summed E-state index contributed by atoms with van der Waals surface area (Å²) in [5.74, 6) is 0.381. The molecule has 0 bridgehead atoms. The van der Waals surface area contributed by atoms with Crippen molar-refractivity contribution < 1.29 is 14.3 Å². The van der Waals surface area contributed by atoms with Crippen LogP contribution in [0.3, 0.4) is 0 Å². The lowest BCUT2D eigenvalue weighted by Crippen LogP contribution is -2.54. The fraction of sp³-hybridized carbons (Fsp3) is 0.467. The summed E-state index contributed by atoms with van der Waals surface area (Å²) in [4.78, 5) is 23.8. The number of ether oxygens (including phenoxy) is 1. The molecule has 0 aromatic heterocycles. The highest BCUT2D eigenvalue weighted by Crippen LogP contribution is 2.31. The Kier molecular flexibility index (Phi) is 3.55. The molecule has 2 aliphatic rings. The van der Waals surface area contributed by atoms with Gasteiger partial charge in [0, 0.05) is 5.69 Å². The maximum Gasteiger partial charge on any atom is 0.262 e. The highest BCUT2D eigenvalue weighted by molar-refractivity contribution is 6.00. The van der Waals surface area contributed by atoms with Crippen molar-refractivity contribution in [1.82, 2.24) is 5.32 Å². The van der Waals surface area contributed by atoms with E-state index in [1.54, 1.807) is 18.2 Å². The van der Waals surface area contributed by atoms with Gasteiger partial charge in [-0.15, -0.1) is 0 Å². The highest BCUT2D eigenvalue weighted by Gasteiger charge is 2.34. The van der Waals surface area contributed by atoms with Crippen molar-refractivity contribution >= 4 is 23.2 Å². The van der Waals surface area contributed by atoms with E-state index < -0.39 is 5.54 Å². The Labute approximate surface area is 123 Å². The van der Waals surface area contributed by atoms with E-state index in [9.17, 15) is 9.59 Å². The summed E-state index contributed by atoms with van der Waals surface area (Å²) < 4.78 is 5.29. The van der Waals surface area contributed by atoms with E-state index in [0.29, 0.717) is 17.1 Å². The Balaban J connectivity index is 1.74. The number of carbonyl (C=O) groups excluding carboxylic acids is 2. The van der Waals surface area contributed by atoms with Gasteiger partial charge in [-0.1, -0.05) is 0 Å². The van der Waals surface area contributed by atoms with Crippen molar-refractivity contribution in [2.75, 3.05) is 23.8 Å². The van der Waals surface area contributed by atoms with E-state index in [4.69, 9.17) is 4.74 Å². The normalized spacial score (nSPS) is 24.5. The molecule has 3 rings (SSSR count). The van der Waals surface area contributed by atoms with Crippen LogP contribution in [0.15, 0.2) is 18.2 Å². The number of hydrogen-bond donors (Lipinski definition) is 3. The smallest absolute Gasteiger partial charge is 0.262 e. The maximum atomic E-state index is 12.4. The Morgan fingerprint density at radius 2 is 2.24 bits per heavy atom. The van der Waals surface area contributed by atoms with Crippen LogP contribution >= 0.6 is 0 Å². The number of rotatable bonds is 2. The third kappa shape index (κ3) is 2.85. The predicted octanol–water partition coefficient (Wildman–Crippen LogP) is 1.49. The van der Waals surface area contributed by atoms with Gasteiger partial charge >= 0.3 is 0 Å². The summed E-state index contributed by atoms with van der Waals surface area (Å²) in [6.45, 7) is 2.81. The first-order valence-corrected chi connectivity index (χ1v) is 7.20. The molecule has 3 N–H and O–H groups in total. The predicted molar refractivity (Wildman–Crippen MR) is 79.5 cm³/mol. The van der Waals surface area contributed by atoms with Gasteiger partial charge in [0.05, 0.1) is 11.2 Å². The molecule has 1 aromatic rings. The van der Waals surface area contributed by atoms with E-state index in [1.807, 2.05) is 6.92 Å². The van der Waals surface area contributed by atoms with E-state index in [-0.39, 0.29) is 18.4 Å². The van der Waals surface area contributed by atoms with E-state index in [1.165, 1.54) is 0 Å². The fourth-order valence-corrected chi connectivity index (χ4v) is 2.68. The van der Waals surface area contributed by atoms with Crippen LogP contribution in [0.2, 0.25) is 0 Å². The monoisotopic (exact) mass is 289 g/mol. The van der Waals surface area contributed by atoms with Gasteiger partial charge < -0.3 is 20.7 Å². The molecule has 0 radical (unpaired) electrons. The van der Waals surface area contributed by atoms with Gasteiger partial charge in [-0.05, 0) is 50.9 Å². The van der Waals surface area contributed by atoms with Gasteiger partial charge in [0.25, 0.3) is 5.91 Å². The summed E-state index contributed by atoms with van der Waals surface area (Å²) in [5.41, 5.74) is 0.706. The first-order chi connectivity index (χ1) is 10.1. The zero-order valence-electron chi connectivity index (χ0n) is 12.0. The van der Waals surface area contributed by atoms with Crippen LogP contribution in [-0.2, 0) is 9.59 Å². The van der Waals surface area contributed by atoms with Gasteiger partial charge in [-0.2, -0.15) is 0 Å². The minimum absolute atomic E-state index is 0.0285. The number of piperidine rings is 1. The van der Waals surface area contributed by atoms with Crippen LogP contribution in [0.5, 0.6) is 5.75 Å². The second kappa shape index (κ2) is 5.37. The van der Waals surface area contributed by atoms with Gasteiger partial charge in [-0.25, -0.2) is 0 Å². The van der Waals surface area contributed by atoms with Gasteiger partial charge in [0.1, 0.15) is 5.75 Å². The molecule has 1 unspecified atom stereocenters. The van der Waals surface area contributed by atoms with Crippen molar-refractivity contribution in [2.24, 2.45) is 0 Å². The van der Waals surface area contributed by atoms with E-state index in [2.05, 4.69) is 16.0 Å². The largest absolute Gasteiger partial charge is 0.482 e. The summed E-state index contributed by atoms with van der Waals surface area (Å²) in [6, 6.07) is 5.25. The molecule has 0 spiro atoms. The number of hydrogen-bond acceptors (Lipinski definition) is 4. The molecule has 112 valence electrons. The molecule has 0 saturated carbocycles. The first kappa shape index (κ1) is 13.9. The molecule has 2 aliphatic heterocycles. The van der Waals surface area contributed by atoms with Gasteiger partial charge in [-0.3, -0.25) is 9.59 Å². The minimum atomic E-state index is -0.534. The van der Waals surface area contributed by atoms with Crippen LogP contribution in [0.25, 0.3) is 0 Å². The van der Waals surface area contributed by atoms with E-state index >= 15 is 0 Å². The van der Waals surface area contributed by atoms with Gasteiger partial charge in [0.15, 0.2) is 6.61 Å². The Bertz CT molecular complexity index is 580. The zero-order chi connectivity index (χ0) is 14.9. The van der Waals surface area contributed by atoms with Crippen LogP contribution in [0.4, 0.5) is 11.4 Å². The number of benzene rings is 1. The molecular weight excluding hydrogens is 270 g/mol. The van der Waals surface area contributed by atoms with Crippen LogP contribution < -0.4 is 20.7 Å². The number of amides is 2. The lowest BCUT2D eigenvalue weighted by Gasteiger charge is -2.33. The summed E-state index contributed by atoms with van der Waals surface area (Å²) in [7, 11) is 0. The van der Waals surface area contributed by atoms with Crippen molar-refractivity contribution in [2.45, 2.75) is 31.7 Å². The minimum Gasteiger partial charge on any atom is -0.482 e.